The molecular weight excluding hydrogens is 435 g/mol. The van der Waals surface area contributed by atoms with Crippen LogP contribution in [0.4, 0.5) is 13.2 Å². The first-order valence-electron chi connectivity index (χ1n) is 10.2. The molecule has 1 atom stereocenters. The fourth-order valence-electron chi connectivity index (χ4n) is 3.33. The number of ketones is 1. The largest absolute Gasteiger partial charge is 0.486 e. The zero-order valence-electron chi connectivity index (χ0n) is 17.8. The van der Waals surface area contributed by atoms with Crippen LogP contribution in [0.3, 0.4) is 0 Å². The molecule has 0 amide bonds. The molecule has 0 aromatic heterocycles. The number of ether oxygens (including phenoxy) is 1. The SMILES string of the molecule is CN(CCC(Oc1ccc(C(=O)c2c(F)cccc2F)cc1)c1ccc(F)cc1)CC(=O)O. The highest BCUT2D eigenvalue weighted by atomic mass is 19.1. The van der Waals surface area contributed by atoms with Crippen LogP contribution >= 0.6 is 0 Å². The number of benzene rings is 3. The number of rotatable bonds is 10. The van der Waals surface area contributed by atoms with Crippen LogP contribution in [0.1, 0.15) is 34.0 Å². The van der Waals surface area contributed by atoms with Crippen molar-refractivity contribution in [3.63, 3.8) is 0 Å². The second kappa shape index (κ2) is 10.8. The van der Waals surface area contributed by atoms with Crippen molar-refractivity contribution in [3.05, 3.63) is 101 Å². The molecule has 0 heterocycles. The van der Waals surface area contributed by atoms with Gasteiger partial charge in [-0.15, -0.1) is 0 Å². The van der Waals surface area contributed by atoms with E-state index in [1.54, 1.807) is 24.1 Å². The topological polar surface area (TPSA) is 66.8 Å². The fraction of sp³-hybridized carbons (Fsp3) is 0.200. The number of hydrogen-bond acceptors (Lipinski definition) is 4. The lowest BCUT2D eigenvalue weighted by Crippen LogP contribution is -2.28. The van der Waals surface area contributed by atoms with Gasteiger partial charge >= 0.3 is 5.97 Å². The summed E-state index contributed by atoms with van der Waals surface area (Å²) < 4.78 is 47.2. The molecule has 3 aromatic rings. The summed E-state index contributed by atoms with van der Waals surface area (Å²) in [6.07, 6.45) is -0.108. The fourth-order valence-corrected chi connectivity index (χ4v) is 3.33. The van der Waals surface area contributed by atoms with Crippen LogP contribution in [0, 0.1) is 17.5 Å². The molecule has 3 rings (SSSR count). The zero-order chi connectivity index (χ0) is 24.0. The van der Waals surface area contributed by atoms with Crippen molar-refractivity contribution in [3.8, 4) is 5.75 Å². The predicted octanol–water partition coefficient (Wildman–Crippen LogP) is 4.86. The summed E-state index contributed by atoms with van der Waals surface area (Å²) in [5, 5.41) is 8.93. The number of hydrogen-bond donors (Lipinski definition) is 1. The van der Waals surface area contributed by atoms with Gasteiger partial charge in [-0.1, -0.05) is 18.2 Å². The van der Waals surface area contributed by atoms with E-state index in [4.69, 9.17) is 9.84 Å². The Morgan fingerprint density at radius 1 is 0.939 bits per heavy atom. The van der Waals surface area contributed by atoms with Crippen molar-refractivity contribution >= 4 is 11.8 Å². The summed E-state index contributed by atoms with van der Waals surface area (Å²) in [4.78, 5) is 25.0. The normalized spacial score (nSPS) is 11.9. The third-order valence-electron chi connectivity index (χ3n) is 5.00. The summed E-state index contributed by atoms with van der Waals surface area (Å²) >= 11 is 0. The molecule has 1 unspecified atom stereocenters. The van der Waals surface area contributed by atoms with Gasteiger partial charge in [-0.3, -0.25) is 14.5 Å². The lowest BCUT2D eigenvalue weighted by Gasteiger charge is -2.22. The van der Waals surface area contributed by atoms with Crippen molar-refractivity contribution in [2.75, 3.05) is 20.1 Å². The average molecular weight is 457 g/mol. The van der Waals surface area contributed by atoms with Crippen molar-refractivity contribution in [1.29, 1.82) is 0 Å². The molecule has 5 nitrogen and oxygen atoms in total. The van der Waals surface area contributed by atoms with Crippen molar-refractivity contribution in [2.24, 2.45) is 0 Å². The van der Waals surface area contributed by atoms with Crippen LogP contribution in [0.15, 0.2) is 66.7 Å². The highest BCUT2D eigenvalue weighted by Crippen LogP contribution is 2.27. The number of carboxylic acid groups (broad SMARTS) is 1. The van der Waals surface area contributed by atoms with Crippen LogP contribution in [0.2, 0.25) is 0 Å². The zero-order valence-corrected chi connectivity index (χ0v) is 17.8. The van der Waals surface area contributed by atoms with Gasteiger partial charge in [0.1, 0.15) is 29.3 Å². The second-order valence-electron chi connectivity index (χ2n) is 7.53. The minimum absolute atomic E-state index is 0.0888. The van der Waals surface area contributed by atoms with Gasteiger partial charge in [-0.2, -0.15) is 0 Å². The molecule has 0 bridgehead atoms. The minimum atomic E-state index is -0.955. The van der Waals surface area contributed by atoms with Gasteiger partial charge in [-0.25, -0.2) is 13.2 Å². The number of carbonyl (C=O) groups is 2. The van der Waals surface area contributed by atoms with Gasteiger partial charge in [0.05, 0.1) is 12.1 Å². The Bertz CT molecular complexity index is 1100. The predicted molar refractivity (Wildman–Crippen MR) is 116 cm³/mol. The van der Waals surface area contributed by atoms with Gasteiger partial charge in [0.2, 0.25) is 0 Å². The second-order valence-corrected chi connectivity index (χ2v) is 7.53. The van der Waals surface area contributed by atoms with Crippen LogP contribution in [-0.4, -0.2) is 41.9 Å². The number of nitrogens with zero attached hydrogens (tertiary/aromatic N) is 1. The first-order chi connectivity index (χ1) is 15.7. The molecule has 3 aromatic carbocycles. The summed E-state index contributed by atoms with van der Waals surface area (Å²) in [5.41, 5.74) is 0.149. The Morgan fingerprint density at radius 3 is 2.12 bits per heavy atom. The van der Waals surface area contributed by atoms with E-state index < -0.39 is 40.9 Å². The van der Waals surface area contributed by atoms with E-state index in [9.17, 15) is 22.8 Å². The quantitative estimate of drug-likeness (QED) is 0.441. The van der Waals surface area contributed by atoms with Gasteiger partial charge in [0.25, 0.3) is 0 Å². The monoisotopic (exact) mass is 457 g/mol. The summed E-state index contributed by atoms with van der Waals surface area (Å²) in [5.74, 6) is -3.64. The van der Waals surface area contributed by atoms with E-state index in [-0.39, 0.29) is 12.1 Å². The Labute approximate surface area is 189 Å². The third kappa shape index (κ3) is 6.43. The smallest absolute Gasteiger partial charge is 0.317 e. The molecule has 172 valence electrons. The summed E-state index contributed by atoms with van der Waals surface area (Å²) in [7, 11) is 1.66. The molecule has 0 aliphatic carbocycles. The molecule has 0 aliphatic rings. The van der Waals surface area contributed by atoms with E-state index in [0.717, 1.165) is 12.1 Å². The lowest BCUT2D eigenvalue weighted by molar-refractivity contribution is -0.138. The molecule has 0 fully saturated rings. The molecular formula is C25H22F3NO4. The Balaban J connectivity index is 1.77. The third-order valence-corrected chi connectivity index (χ3v) is 5.00. The minimum Gasteiger partial charge on any atom is -0.486 e. The molecule has 0 saturated carbocycles. The molecule has 1 N–H and O–H groups in total. The summed E-state index contributed by atoms with van der Waals surface area (Å²) in [6, 6.07) is 14.8. The first kappa shape index (κ1) is 24.0. The standard InChI is InChI=1S/C25H22F3NO4/c1-29(15-23(30)31)14-13-22(16-5-9-18(26)10-6-16)33-19-11-7-17(8-12-19)25(32)24-20(27)3-2-4-21(24)28/h2-12,22H,13-15H2,1H3,(H,30,31). The van der Waals surface area contributed by atoms with Gasteiger partial charge < -0.3 is 9.84 Å². The van der Waals surface area contributed by atoms with E-state index in [0.29, 0.717) is 24.3 Å². The maximum atomic E-state index is 13.9. The van der Waals surface area contributed by atoms with Crippen molar-refractivity contribution < 1.29 is 32.6 Å². The molecule has 33 heavy (non-hydrogen) atoms. The summed E-state index contributed by atoms with van der Waals surface area (Å²) in [6.45, 7) is 0.261. The highest BCUT2D eigenvalue weighted by Gasteiger charge is 2.20. The van der Waals surface area contributed by atoms with E-state index in [1.807, 2.05) is 0 Å². The Hall–Kier alpha value is -3.65. The molecule has 0 aliphatic heterocycles. The van der Waals surface area contributed by atoms with Gasteiger partial charge in [0.15, 0.2) is 5.78 Å². The van der Waals surface area contributed by atoms with E-state index >= 15 is 0 Å². The first-order valence-corrected chi connectivity index (χ1v) is 10.2. The van der Waals surface area contributed by atoms with Crippen molar-refractivity contribution in [1.82, 2.24) is 4.90 Å². The maximum absolute atomic E-state index is 13.9. The highest BCUT2D eigenvalue weighted by molar-refractivity contribution is 6.09. The molecule has 0 spiro atoms. The number of halogens is 3. The Morgan fingerprint density at radius 2 is 1.55 bits per heavy atom. The molecule has 0 radical (unpaired) electrons. The van der Waals surface area contributed by atoms with Crippen LogP contribution in [0.5, 0.6) is 5.75 Å². The number of likely N-dealkylation sites (N-methyl/N-ethyl adjacent to an activating group) is 1. The number of carboxylic acids is 1. The van der Waals surface area contributed by atoms with Crippen LogP contribution in [0.25, 0.3) is 0 Å². The number of carbonyl (C=O) groups excluding carboxylic acids is 1. The number of aliphatic carboxylic acids is 1. The van der Waals surface area contributed by atoms with Crippen molar-refractivity contribution in [2.45, 2.75) is 12.5 Å². The molecule has 8 heteroatoms. The average Bonchev–Trinajstić information content (AvgIpc) is 2.77. The Kier molecular flexibility index (Phi) is 7.84. The van der Waals surface area contributed by atoms with Gasteiger partial charge in [-0.05, 0) is 61.1 Å². The maximum Gasteiger partial charge on any atom is 0.317 e. The van der Waals surface area contributed by atoms with Crippen LogP contribution in [-0.2, 0) is 4.79 Å². The lowest BCUT2D eigenvalue weighted by atomic mass is 10.0. The van der Waals surface area contributed by atoms with E-state index in [1.165, 1.54) is 42.5 Å². The molecule has 0 saturated heterocycles. The van der Waals surface area contributed by atoms with Crippen LogP contribution < -0.4 is 4.74 Å². The van der Waals surface area contributed by atoms with E-state index in [2.05, 4.69) is 0 Å². The van der Waals surface area contributed by atoms with Gasteiger partial charge in [0, 0.05) is 18.5 Å².